The zero-order valence-electron chi connectivity index (χ0n) is 17.5. The molecule has 0 fully saturated rings. The molecule has 2 aliphatic rings. The molecule has 8 nitrogen and oxygen atoms in total. The van der Waals surface area contributed by atoms with E-state index in [1.807, 2.05) is 13.8 Å². The van der Waals surface area contributed by atoms with Crippen LogP contribution in [0.4, 0.5) is 0 Å². The average molecular weight is 471 g/mol. The van der Waals surface area contributed by atoms with Gasteiger partial charge in [0.2, 0.25) is 0 Å². The van der Waals surface area contributed by atoms with Crippen LogP contribution < -0.4 is 9.66 Å². The second-order valence-electron chi connectivity index (χ2n) is 7.71. The zero-order chi connectivity index (χ0) is 22.9. The third kappa shape index (κ3) is 4.81. The van der Waals surface area contributed by atoms with Gasteiger partial charge in [0.1, 0.15) is 0 Å². The van der Waals surface area contributed by atoms with Gasteiger partial charge in [-0.25, -0.2) is 0 Å². The van der Waals surface area contributed by atoms with Crippen LogP contribution in [0.15, 0.2) is 91.8 Å². The topological polar surface area (TPSA) is 117 Å². The van der Waals surface area contributed by atoms with Crippen LogP contribution in [0, 0.1) is 13.8 Å². The van der Waals surface area contributed by atoms with Gasteiger partial charge in [0.15, 0.2) is 0 Å². The van der Waals surface area contributed by atoms with E-state index in [9.17, 15) is 16.8 Å². The Labute approximate surface area is 187 Å². The summed E-state index contributed by atoms with van der Waals surface area (Å²) in [5.41, 5.74) is 4.98. The zero-order valence-corrected chi connectivity index (χ0v) is 19.2. The molecule has 0 atom stereocenters. The Hall–Kier alpha value is -3.24. The van der Waals surface area contributed by atoms with E-state index in [2.05, 4.69) is 19.9 Å². The number of sulfonamides is 2. The maximum absolute atomic E-state index is 12.4. The Morgan fingerprint density at radius 1 is 0.625 bits per heavy atom. The van der Waals surface area contributed by atoms with E-state index in [0.717, 1.165) is 22.3 Å². The molecule has 0 unspecified atom stereocenters. The minimum absolute atomic E-state index is 0.146. The number of benzene rings is 2. The standard InChI is InChI=1S/C22H22N4O4S2/c1-15-3-7-21(8-4-15)31(27,28)25-23-19-11-17-13-20(14-18(17)12-19)24-26-32(29,30)22-9-5-16(2)6-10-22/h3-11,14,25-26H,12-13H2,1-2H3. The Bertz CT molecular complexity index is 1280. The van der Waals surface area contributed by atoms with Crippen LogP contribution >= 0.6 is 0 Å². The lowest BCUT2D eigenvalue weighted by atomic mass is 10.2. The van der Waals surface area contributed by atoms with E-state index in [-0.39, 0.29) is 9.79 Å². The van der Waals surface area contributed by atoms with Gasteiger partial charge in [-0.2, -0.15) is 36.7 Å². The molecule has 166 valence electrons. The summed E-state index contributed by atoms with van der Waals surface area (Å²) in [6, 6.07) is 13.0. The first-order valence-electron chi connectivity index (χ1n) is 9.84. The van der Waals surface area contributed by atoms with Crippen molar-refractivity contribution in [3.63, 3.8) is 0 Å². The third-order valence-corrected chi connectivity index (χ3v) is 7.57. The van der Waals surface area contributed by atoms with Gasteiger partial charge >= 0.3 is 0 Å². The van der Waals surface area contributed by atoms with E-state index in [1.165, 1.54) is 24.3 Å². The molecule has 0 saturated heterocycles. The molecule has 0 spiro atoms. The SMILES string of the molecule is Cc1ccc(S(=O)(=O)NN=C2C=C3CC(=NNS(=O)(=O)c4ccc(C)cc4)C=C3C2)cc1. The van der Waals surface area contributed by atoms with Crippen molar-refractivity contribution in [3.8, 4) is 0 Å². The highest BCUT2D eigenvalue weighted by molar-refractivity contribution is 7.89. The Morgan fingerprint density at radius 2 is 0.969 bits per heavy atom. The molecule has 0 radical (unpaired) electrons. The largest absolute Gasteiger partial charge is 0.276 e. The van der Waals surface area contributed by atoms with E-state index in [4.69, 9.17) is 0 Å². The number of hydrazone groups is 2. The van der Waals surface area contributed by atoms with E-state index >= 15 is 0 Å². The van der Waals surface area contributed by atoms with Crippen LogP contribution in [0.25, 0.3) is 0 Å². The lowest BCUT2D eigenvalue weighted by Crippen LogP contribution is -2.20. The fraction of sp³-hybridized carbons (Fsp3) is 0.182. The molecule has 0 saturated carbocycles. The van der Waals surface area contributed by atoms with Gasteiger partial charge in [-0.15, -0.1) is 0 Å². The van der Waals surface area contributed by atoms with Crippen LogP contribution in [0.2, 0.25) is 0 Å². The molecule has 32 heavy (non-hydrogen) atoms. The smallest absolute Gasteiger partial charge is 0.200 e. The summed E-state index contributed by atoms with van der Waals surface area (Å²) in [6.45, 7) is 3.76. The van der Waals surface area contributed by atoms with Crippen molar-refractivity contribution < 1.29 is 16.8 Å². The van der Waals surface area contributed by atoms with Crippen LogP contribution in [0.5, 0.6) is 0 Å². The highest BCUT2D eigenvalue weighted by Crippen LogP contribution is 2.32. The molecule has 2 aromatic carbocycles. The normalized spacial score (nSPS) is 18.4. The van der Waals surface area contributed by atoms with Crippen LogP contribution in [0.3, 0.4) is 0 Å². The first-order valence-corrected chi connectivity index (χ1v) is 12.8. The summed E-state index contributed by atoms with van der Waals surface area (Å²) >= 11 is 0. The summed E-state index contributed by atoms with van der Waals surface area (Å²) in [5, 5.41) is 8.09. The number of nitrogens with one attached hydrogen (secondary N) is 2. The summed E-state index contributed by atoms with van der Waals surface area (Å²) in [7, 11) is -7.48. The third-order valence-electron chi connectivity index (χ3n) is 5.12. The predicted octanol–water partition coefficient (Wildman–Crippen LogP) is 2.93. The van der Waals surface area contributed by atoms with E-state index < -0.39 is 20.0 Å². The molecular weight excluding hydrogens is 448 g/mol. The molecule has 0 heterocycles. The summed E-state index contributed by atoms with van der Waals surface area (Å²) in [6.07, 6.45) is 4.46. The number of allylic oxidation sites excluding steroid dienone is 4. The fourth-order valence-corrected chi connectivity index (χ4v) is 5.00. The molecule has 10 heteroatoms. The molecule has 2 aliphatic carbocycles. The number of nitrogens with zero attached hydrogens (tertiary/aromatic N) is 2. The quantitative estimate of drug-likeness (QED) is 0.631. The van der Waals surface area contributed by atoms with Gasteiger partial charge in [-0.1, -0.05) is 35.4 Å². The van der Waals surface area contributed by atoms with Crippen molar-refractivity contribution >= 4 is 31.5 Å². The van der Waals surface area contributed by atoms with E-state index in [1.54, 1.807) is 36.4 Å². The highest BCUT2D eigenvalue weighted by atomic mass is 32.2. The predicted molar refractivity (Wildman–Crippen MR) is 123 cm³/mol. The highest BCUT2D eigenvalue weighted by Gasteiger charge is 2.25. The molecule has 2 aromatic rings. The van der Waals surface area contributed by atoms with Crippen LogP contribution in [-0.4, -0.2) is 28.3 Å². The second-order valence-corrected chi connectivity index (χ2v) is 11.0. The minimum Gasteiger partial charge on any atom is -0.200 e. The second kappa shape index (κ2) is 8.36. The summed E-state index contributed by atoms with van der Waals surface area (Å²) < 4.78 is 49.5. The molecule has 0 aromatic heterocycles. The Balaban J connectivity index is 1.41. The first kappa shape index (κ1) is 22.0. The maximum Gasteiger partial charge on any atom is 0.276 e. The molecule has 2 N–H and O–H groups in total. The number of hydrogen-bond donors (Lipinski definition) is 2. The van der Waals surface area contributed by atoms with Crippen molar-refractivity contribution in [2.45, 2.75) is 36.5 Å². The molecule has 0 aliphatic heterocycles. The van der Waals surface area contributed by atoms with E-state index in [0.29, 0.717) is 24.3 Å². The maximum atomic E-state index is 12.4. The summed E-state index contributed by atoms with van der Waals surface area (Å²) in [5.74, 6) is 0. The minimum atomic E-state index is -3.74. The number of rotatable bonds is 6. The molecular formula is C22H22N4O4S2. The van der Waals surface area contributed by atoms with Crippen molar-refractivity contribution in [2.24, 2.45) is 10.2 Å². The van der Waals surface area contributed by atoms with Gasteiger partial charge in [0, 0.05) is 12.8 Å². The monoisotopic (exact) mass is 470 g/mol. The molecule has 4 rings (SSSR count). The Kier molecular flexibility index (Phi) is 5.74. The van der Waals surface area contributed by atoms with Gasteiger partial charge in [-0.3, -0.25) is 0 Å². The van der Waals surface area contributed by atoms with Crippen LogP contribution in [0.1, 0.15) is 24.0 Å². The first-order chi connectivity index (χ1) is 15.1. The number of hydrogen-bond acceptors (Lipinski definition) is 6. The van der Waals surface area contributed by atoms with Gasteiger partial charge < -0.3 is 0 Å². The number of aryl methyl sites for hydroxylation is 2. The van der Waals surface area contributed by atoms with Crippen molar-refractivity contribution in [2.75, 3.05) is 0 Å². The molecule has 0 amide bonds. The summed E-state index contributed by atoms with van der Waals surface area (Å²) in [4.78, 5) is 4.83. The van der Waals surface area contributed by atoms with Crippen molar-refractivity contribution in [1.29, 1.82) is 0 Å². The lowest BCUT2D eigenvalue weighted by Gasteiger charge is -2.05. The van der Waals surface area contributed by atoms with Gasteiger partial charge in [0.05, 0.1) is 21.2 Å². The van der Waals surface area contributed by atoms with Crippen LogP contribution in [-0.2, 0) is 20.0 Å². The average Bonchev–Trinajstić information content (AvgIpc) is 3.30. The van der Waals surface area contributed by atoms with Crippen molar-refractivity contribution in [1.82, 2.24) is 9.66 Å². The van der Waals surface area contributed by atoms with Gasteiger partial charge in [0.25, 0.3) is 20.0 Å². The fourth-order valence-electron chi connectivity index (χ4n) is 3.33. The lowest BCUT2D eigenvalue weighted by molar-refractivity contribution is 0.583. The number of fused-ring (bicyclic) bond motifs is 1. The van der Waals surface area contributed by atoms with Gasteiger partial charge in [-0.05, 0) is 61.4 Å². The van der Waals surface area contributed by atoms with Crippen molar-refractivity contribution in [3.05, 3.63) is 83.0 Å². The Morgan fingerprint density at radius 3 is 1.31 bits per heavy atom. The molecule has 0 bridgehead atoms.